The zero-order chi connectivity index (χ0) is 15.0. The topological polar surface area (TPSA) is 61.3 Å². The second-order valence-corrected chi connectivity index (χ2v) is 6.44. The van der Waals surface area contributed by atoms with Crippen molar-refractivity contribution in [1.29, 1.82) is 0 Å². The van der Waals surface area contributed by atoms with Gasteiger partial charge in [0.25, 0.3) is 0 Å². The molecule has 1 aromatic heterocycles. The number of anilines is 1. The summed E-state index contributed by atoms with van der Waals surface area (Å²) in [6.45, 7) is 4.57. The van der Waals surface area contributed by atoms with Crippen molar-refractivity contribution in [3.8, 4) is 16.9 Å². The van der Waals surface area contributed by atoms with Crippen LogP contribution in [0.1, 0.15) is 44.8 Å². The number of hydrogen-bond donors (Lipinski definition) is 1. The van der Waals surface area contributed by atoms with E-state index in [1.54, 1.807) is 7.11 Å². The van der Waals surface area contributed by atoms with Gasteiger partial charge in [0.15, 0.2) is 11.6 Å². The van der Waals surface area contributed by atoms with E-state index < -0.39 is 0 Å². The van der Waals surface area contributed by atoms with E-state index in [1.807, 2.05) is 24.3 Å². The molecule has 1 aliphatic carbocycles. The van der Waals surface area contributed by atoms with E-state index in [2.05, 4.69) is 19.0 Å². The van der Waals surface area contributed by atoms with Crippen molar-refractivity contribution in [3.05, 3.63) is 30.0 Å². The average molecular weight is 286 g/mol. The van der Waals surface area contributed by atoms with Gasteiger partial charge in [-0.25, -0.2) is 0 Å². The van der Waals surface area contributed by atoms with Gasteiger partial charge in [-0.1, -0.05) is 43.6 Å². The lowest BCUT2D eigenvalue weighted by atomic mass is 9.78. The minimum atomic E-state index is 0.211. The number of nitrogens with two attached hydrogens (primary N) is 1. The van der Waals surface area contributed by atoms with Gasteiger partial charge in [-0.2, -0.15) is 0 Å². The van der Waals surface area contributed by atoms with Crippen molar-refractivity contribution in [1.82, 2.24) is 5.16 Å². The Labute approximate surface area is 125 Å². The molecule has 0 bridgehead atoms. The van der Waals surface area contributed by atoms with Crippen molar-refractivity contribution in [3.63, 3.8) is 0 Å². The van der Waals surface area contributed by atoms with Crippen molar-refractivity contribution in [2.75, 3.05) is 12.8 Å². The average Bonchev–Trinajstić information content (AvgIpc) is 3.00. The summed E-state index contributed by atoms with van der Waals surface area (Å²) in [5.41, 5.74) is 8.15. The number of para-hydroxylation sites is 1. The van der Waals surface area contributed by atoms with Gasteiger partial charge in [0.1, 0.15) is 5.75 Å². The summed E-state index contributed by atoms with van der Waals surface area (Å²) >= 11 is 0. The largest absolute Gasteiger partial charge is 0.496 e. The molecule has 112 valence electrons. The molecule has 1 atom stereocenters. The Hall–Kier alpha value is -1.97. The Morgan fingerprint density at radius 2 is 2.10 bits per heavy atom. The van der Waals surface area contributed by atoms with E-state index in [-0.39, 0.29) is 5.41 Å². The Morgan fingerprint density at radius 3 is 2.76 bits per heavy atom. The molecule has 0 radical (unpaired) electrons. The molecule has 4 nitrogen and oxygen atoms in total. The van der Waals surface area contributed by atoms with Crippen LogP contribution >= 0.6 is 0 Å². The molecule has 1 saturated carbocycles. The van der Waals surface area contributed by atoms with Crippen LogP contribution in [0.3, 0.4) is 0 Å². The smallest absolute Gasteiger partial charge is 0.175 e. The Kier molecular flexibility index (Phi) is 3.40. The van der Waals surface area contributed by atoms with Gasteiger partial charge in [-0.05, 0) is 24.3 Å². The van der Waals surface area contributed by atoms with Crippen LogP contribution in [0, 0.1) is 5.41 Å². The van der Waals surface area contributed by atoms with Crippen LogP contribution in [0.15, 0.2) is 28.8 Å². The summed E-state index contributed by atoms with van der Waals surface area (Å²) in [4.78, 5) is 0. The summed E-state index contributed by atoms with van der Waals surface area (Å²) in [7, 11) is 1.67. The number of rotatable bonds is 3. The first-order chi connectivity index (χ1) is 10.0. The highest BCUT2D eigenvalue weighted by atomic mass is 16.5. The maximum absolute atomic E-state index is 6.09. The van der Waals surface area contributed by atoms with E-state index in [0.717, 1.165) is 29.1 Å². The fraction of sp³-hybridized carbons (Fsp3) is 0.471. The summed E-state index contributed by atoms with van der Waals surface area (Å²) in [5.74, 6) is 2.49. The van der Waals surface area contributed by atoms with E-state index in [0.29, 0.717) is 11.7 Å². The van der Waals surface area contributed by atoms with Gasteiger partial charge >= 0.3 is 0 Å². The van der Waals surface area contributed by atoms with Crippen molar-refractivity contribution in [2.45, 2.75) is 39.0 Å². The normalized spacial score (nSPS) is 20.6. The molecule has 1 aromatic carbocycles. The van der Waals surface area contributed by atoms with Crippen LogP contribution in [-0.4, -0.2) is 12.3 Å². The maximum atomic E-state index is 6.09. The fourth-order valence-electron chi connectivity index (χ4n) is 3.49. The van der Waals surface area contributed by atoms with E-state index in [4.69, 9.17) is 15.0 Å². The van der Waals surface area contributed by atoms with Crippen LogP contribution in [0.2, 0.25) is 0 Å². The van der Waals surface area contributed by atoms with Crippen LogP contribution in [0.25, 0.3) is 11.1 Å². The molecule has 1 heterocycles. The molecule has 1 aliphatic rings. The minimum Gasteiger partial charge on any atom is -0.496 e. The predicted molar refractivity (Wildman–Crippen MR) is 83.3 cm³/mol. The summed E-state index contributed by atoms with van der Waals surface area (Å²) < 4.78 is 11.1. The van der Waals surface area contributed by atoms with Gasteiger partial charge in [-0.15, -0.1) is 0 Å². The van der Waals surface area contributed by atoms with Crippen molar-refractivity contribution < 1.29 is 9.26 Å². The molecular formula is C17H22N2O2. The molecule has 4 heteroatoms. The first-order valence-corrected chi connectivity index (χ1v) is 7.43. The van der Waals surface area contributed by atoms with Gasteiger partial charge in [0.2, 0.25) is 0 Å². The quantitative estimate of drug-likeness (QED) is 0.917. The third-order valence-electron chi connectivity index (χ3n) is 4.69. The van der Waals surface area contributed by atoms with E-state index in [9.17, 15) is 0 Å². The molecule has 2 N–H and O–H groups in total. The molecular weight excluding hydrogens is 264 g/mol. The molecule has 0 spiro atoms. The molecule has 0 saturated heterocycles. The number of methoxy groups -OCH3 is 1. The number of nitrogen functional groups attached to an aromatic ring is 1. The number of hydrogen-bond acceptors (Lipinski definition) is 4. The fourth-order valence-corrected chi connectivity index (χ4v) is 3.49. The molecule has 0 amide bonds. The van der Waals surface area contributed by atoms with Crippen molar-refractivity contribution >= 4 is 5.82 Å². The molecule has 1 unspecified atom stereocenters. The SMILES string of the molecule is COc1ccccc1-c1c(N)noc1C1CCCC1(C)C. The first kappa shape index (κ1) is 14.0. The predicted octanol–water partition coefficient (Wildman–Crippen LogP) is 4.23. The Bertz CT molecular complexity index is 646. The monoisotopic (exact) mass is 286 g/mol. The van der Waals surface area contributed by atoms with Crippen LogP contribution in [-0.2, 0) is 0 Å². The molecule has 3 rings (SSSR count). The van der Waals surface area contributed by atoms with Crippen LogP contribution in [0.5, 0.6) is 5.75 Å². The molecule has 21 heavy (non-hydrogen) atoms. The second-order valence-electron chi connectivity index (χ2n) is 6.44. The van der Waals surface area contributed by atoms with Gasteiger partial charge in [-0.3, -0.25) is 0 Å². The standard InChI is InChI=1S/C17H22N2O2/c1-17(2)10-6-8-12(17)15-14(16(18)19-21-15)11-7-4-5-9-13(11)20-3/h4-5,7,9,12H,6,8,10H2,1-3H3,(H2,18,19). The molecule has 1 fully saturated rings. The van der Waals surface area contributed by atoms with Gasteiger partial charge in [0.05, 0.1) is 12.7 Å². The lowest BCUT2D eigenvalue weighted by Crippen LogP contribution is -2.15. The minimum absolute atomic E-state index is 0.211. The third kappa shape index (κ3) is 2.28. The Morgan fingerprint density at radius 1 is 1.33 bits per heavy atom. The third-order valence-corrected chi connectivity index (χ3v) is 4.69. The summed E-state index contributed by atoms with van der Waals surface area (Å²) in [5, 5.41) is 4.03. The molecule has 2 aromatic rings. The first-order valence-electron chi connectivity index (χ1n) is 7.43. The Balaban J connectivity index is 2.14. The van der Waals surface area contributed by atoms with Gasteiger partial charge in [0, 0.05) is 11.5 Å². The number of benzene rings is 1. The van der Waals surface area contributed by atoms with Gasteiger partial charge < -0.3 is 15.0 Å². The lowest BCUT2D eigenvalue weighted by molar-refractivity contribution is 0.269. The highest BCUT2D eigenvalue weighted by Crippen LogP contribution is 2.52. The lowest BCUT2D eigenvalue weighted by Gasteiger charge is -2.25. The van der Waals surface area contributed by atoms with E-state index in [1.165, 1.54) is 12.8 Å². The van der Waals surface area contributed by atoms with Crippen LogP contribution < -0.4 is 10.5 Å². The highest BCUT2D eigenvalue weighted by molar-refractivity contribution is 5.80. The number of ether oxygens (including phenoxy) is 1. The zero-order valence-corrected chi connectivity index (χ0v) is 12.8. The van der Waals surface area contributed by atoms with Crippen LogP contribution in [0.4, 0.5) is 5.82 Å². The molecule has 0 aliphatic heterocycles. The second kappa shape index (κ2) is 5.10. The summed E-state index contributed by atoms with van der Waals surface area (Å²) in [6, 6.07) is 7.87. The highest BCUT2D eigenvalue weighted by Gasteiger charge is 2.40. The van der Waals surface area contributed by atoms with E-state index >= 15 is 0 Å². The zero-order valence-electron chi connectivity index (χ0n) is 12.8. The number of aromatic nitrogens is 1. The maximum Gasteiger partial charge on any atom is 0.175 e. The summed E-state index contributed by atoms with van der Waals surface area (Å²) in [6.07, 6.45) is 3.52. The number of nitrogens with zero attached hydrogens (tertiary/aromatic N) is 1. The van der Waals surface area contributed by atoms with Crippen molar-refractivity contribution in [2.24, 2.45) is 5.41 Å².